The zero-order chi connectivity index (χ0) is 21.7. The molecule has 0 aliphatic carbocycles. The maximum absolute atomic E-state index is 12.8. The Morgan fingerprint density at radius 1 is 1.13 bits per heavy atom. The van der Waals surface area contributed by atoms with Crippen molar-refractivity contribution in [1.82, 2.24) is 25.2 Å². The molecular weight excluding hydrogens is 402 g/mol. The second-order valence-electron chi connectivity index (χ2n) is 7.26. The third-order valence-electron chi connectivity index (χ3n) is 4.70. The smallest absolute Gasteiger partial charge is 0.253 e. The molecule has 1 aromatic carbocycles. The van der Waals surface area contributed by atoms with Crippen LogP contribution in [0.25, 0.3) is 5.82 Å². The lowest BCUT2D eigenvalue weighted by Gasteiger charge is -2.22. The number of aryl methyl sites for hydroxylation is 1. The van der Waals surface area contributed by atoms with E-state index in [9.17, 15) is 9.59 Å². The van der Waals surface area contributed by atoms with Crippen LogP contribution in [0.15, 0.2) is 55.0 Å². The van der Waals surface area contributed by atoms with Gasteiger partial charge in [0.15, 0.2) is 0 Å². The Hall–Kier alpha value is -3.19. The Morgan fingerprint density at radius 3 is 2.57 bits per heavy atom. The minimum Gasteiger partial charge on any atom is -0.350 e. The van der Waals surface area contributed by atoms with E-state index >= 15 is 0 Å². The monoisotopic (exact) mass is 425 g/mol. The normalized spacial score (nSPS) is 11.9. The summed E-state index contributed by atoms with van der Waals surface area (Å²) in [7, 11) is 0. The van der Waals surface area contributed by atoms with Crippen molar-refractivity contribution in [3.05, 3.63) is 77.0 Å². The molecule has 0 aliphatic rings. The fraction of sp³-hybridized carbons (Fsp3) is 0.273. The minimum atomic E-state index is -0.689. The molecule has 2 amide bonds. The molecule has 0 aliphatic heterocycles. The summed E-state index contributed by atoms with van der Waals surface area (Å²) < 4.78 is 1.87. The third-order valence-corrected chi connectivity index (χ3v) is 5.03. The Morgan fingerprint density at radius 2 is 1.90 bits per heavy atom. The van der Waals surface area contributed by atoms with Gasteiger partial charge < -0.3 is 10.6 Å². The first kappa shape index (κ1) is 21.5. The van der Waals surface area contributed by atoms with Gasteiger partial charge in [-0.3, -0.25) is 14.2 Å². The average molecular weight is 426 g/mol. The van der Waals surface area contributed by atoms with Gasteiger partial charge in [0.2, 0.25) is 5.91 Å². The summed E-state index contributed by atoms with van der Waals surface area (Å²) in [5, 5.41) is 6.03. The van der Waals surface area contributed by atoms with Gasteiger partial charge in [-0.2, -0.15) is 0 Å². The molecule has 3 rings (SSSR count). The van der Waals surface area contributed by atoms with Gasteiger partial charge in [-0.1, -0.05) is 37.6 Å². The van der Waals surface area contributed by atoms with Crippen molar-refractivity contribution < 1.29 is 9.59 Å². The molecule has 0 bridgehead atoms. The topological polar surface area (TPSA) is 88.9 Å². The third kappa shape index (κ3) is 5.04. The van der Waals surface area contributed by atoms with Gasteiger partial charge in [-0.15, -0.1) is 0 Å². The van der Waals surface area contributed by atoms with E-state index < -0.39 is 6.04 Å². The SMILES string of the molecule is Cc1nccn1-c1cc(CNC(=O)C(NC(=O)c2ccccc2Cl)C(C)C)ccn1. The van der Waals surface area contributed by atoms with Gasteiger partial charge in [-0.25, -0.2) is 9.97 Å². The zero-order valence-electron chi connectivity index (χ0n) is 17.1. The first-order valence-corrected chi connectivity index (χ1v) is 10.0. The number of rotatable bonds is 7. The van der Waals surface area contributed by atoms with Crippen molar-refractivity contribution in [2.24, 2.45) is 5.92 Å². The van der Waals surface area contributed by atoms with Crippen LogP contribution in [-0.2, 0) is 11.3 Å². The molecule has 0 radical (unpaired) electrons. The van der Waals surface area contributed by atoms with Gasteiger partial charge >= 0.3 is 0 Å². The zero-order valence-corrected chi connectivity index (χ0v) is 17.8. The lowest BCUT2D eigenvalue weighted by atomic mass is 10.0. The number of nitrogens with zero attached hydrogens (tertiary/aromatic N) is 3. The number of carbonyl (C=O) groups is 2. The highest BCUT2D eigenvalue weighted by atomic mass is 35.5. The summed E-state index contributed by atoms with van der Waals surface area (Å²) in [6.07, 6.45) is 5.23. The predicted molar refractivity (Wildman–Crippen MR) is 115 cm³/mol. The first-order valence-electron chi connectivity index (χ1n) is 9.65. The highest BCUT2D eigenvalue weighted by molar-refractivity contribution is 6.33. The molecule has 0 fully saturated rings. The highest BCUT2D eigenvalue weighted by Gasteiger charge is 2.25. The maximum atomic E-state index is 12.8. The molecule has 2 aromatic heterocycles. The number of aromatic nitrogens is 3. The van der Waals surface area contributed by atoms with Gasteiger partial charge in [0.05, 0.1) is 10.6 Å². The summed E-state index contributed by atoms with van der Waals surface area (Å²) in [6, 6.07) is 9.79. The summed E-state index contributed by atoms with van der Waals surface area (Å²) in [6.45, 7) is 5.96. The van der Waals surface area contributed by atoms with Crippen molar-refractivity contribution in [2.45, 2.75) is 33.4 Å². The standard InChI is InChI=1S/C22H24ClN5O2/c1-14(2)20(27-21(29)17-6-4-5-7-18(17)23)22(30)26-13-16-8-9-25-19(12-16)28-11-10-24-15(28)3/h4-12,14,20H,13H2,1-3H3,(H,26,30)(H,27,29). The predicted octanol–water partition coefficient (Wildman–Crippen LogP) is 3.30. The quantitative estimate of drug-likeness (QED) is 0.607. The molecule has 2 heterocycles. The molecule has 8 heteroatoms. The Balaban J connectivity index is 1.67. The van der Waals surface area contributed by atoms with E-state index in [0.717, 1.165) is 17.2 Å². The van der Waals surface area contributed by atoms with Crippen molar-refractivity contribution in [1.29, 1.82) is 0 Å². The van der Waals surface area contributed by atoms with Crippen LogP contribution in [0.3, 0.4) is 0 Å². The van der Waals surface area contributed by atoms with Gasteiger partial charge in [0, 0.05) is 25.1 Å². The molecule has 0 spiro atoms. The largest absolute Gasteiger partial charge is 0.350 e. The van der Waals surface area contributed by atoms with Crippen LogP contribution in [0, 0.1) is 12.8 Å². The number of hydrogen-bond donors (Lipinski definition) is 2. The van der Waals surface area contributed by atoms with Crippen molar-refractivity contribution in [2.75, 3.05) is 0 Å². The van der Waals surface area contributed by atoms with Crippen LogP contribution in [0.4, 0.5) is 0 Å². The highest BCUT2D eigenvalue weighted by Crippen LogP contribution is 2.16. The number of amides is 2. The minimum absolute atomic E-state index is 0.0990. The Bertz CT molecular complexity index is 1050. The summed E-state index contributed by atoms with van der Waals surface area (Å²) >= 11 is 6.10. The fourth-order valence-corrected chi connectivity index (χ4v) is 3.24. The van der Waals surface area contributed by atoms with Crippen LogP contribution >= 0.6 is 11.6 Å². The number of pyridine rings is 1. The lowest BCUT2D eigenvalue weighted by molar-refractivity contribution is -0.124. The van der Waals surface area contributed by atoms with Crippen molar-refractivity contribution in [3.8, 4) is 5.82 Å². The van der Waals surface area contributed by atoms with Gasteiger partial charge in [0.25, 0.3) is 5.91 Å². The Labute approximate surface area is 180 Å². The average Bonchev–Trinajstić information content (AvgIpc) is 3.16. The van der Waals surface area contributed by atoms with E-state index in [1.165, 1.54) is 0 Å². The van der Waals surface area contributed by atoms with E-state index in [0.29, 0.717) is 17.1 Å². The molecule has 0 saturated carbocycles. The molecule has 156 valence electrons. The van der Waals surface area contributed by atoms with Crippen LogP contribution < -0.4 is 10.6 Å². The molecule has 3 aromatic rings. The molecule has 30 heavy (non-hydrogen) atoms. The number of hydrogen-bond acceptors (Lipinski definition) is 4. The van der Waals surface area contributed by atoms with Gasteiger partial charge in [0.1, 0.15) is 17.7 Å². The number of imidazole rings is 1. The Kier molecular flexibility index (Phi) is 6.84. The molecular formula is C22H24ClN5O2. The molecule has 0 saturated heterocycles. The summed E-state index contributed by atoms with van der Waals surface area (Å²) in [4.78, 5) is 33.9. The summed E-state index contributed by atoms with van der Waals surface area (Å²) in [5.74, 6) is 0.812. The van der Waals surface area contributed by atoms with Crippen molar-refractivity contribution >= 4 is 23.4 Å². The maximum Gasteiger partial charge on any atom is 0.253 e. The van der Waals surface area contributed by atoms with Crippen LogP contribution in [-0.4, -0.2) is 32.4 Å². The van der Waals surface area contributed by atoms with Crippen LogP contribution in [0.2, 0.25) is 5.02 Å². The number of halogens is 1. The molecule has 7 nitrogen and oxygen atoms in total. The van der Waals surface area contributed by atoms with Gasteiger partial charge in [-0.05, 0) is 42.7 Å². The number of carbonyl (C=O) groups excluding carboxylic acids is 2. The molecule has 1 atom stereocenters. The first-order chi connectivity index (χ1) is 14.4. The molecule has 2 N–H and O–H groups in total. The van der Waals surface area contributed by atoms with E-state index in [1.54, 1.807) is 36.7 Å². The van der Waals surface area contributed by atoms with E-state index in [1.807, 2.05) is 43.7 Å². The summed E-state index contributed by atoms with van der Waals surface area (Å²) in [5.41, 5.74) is 1.23. The van der Waals surface area contributed by atoms with Crippen LogP contribution in [0.5, 0.6) is 0 Å². The van der Waals surface area contributed by atoms with E-state index in [-0.39, 0.29) is 17.7 Å². The second kappa shape index (κ2) is 9.54. The van der Waals surface area contributed by atoms with E-state index in [2.05, 4.69) is 20.6 Å². The number of nitrogens with one attached hydrogen (secondary N) is 2. The lowest BCUT2D eigenvalue weighted by Crippen LogP contribution is -2.49. The van der Waals surface area contributed by atoms with E-state index in [4.69, 9.17) is 11.6 Å². The molecule has 1 unspecified atom stereocenters. The second-order valence-corrected chi connectivity index (χ2v) is 7.67. The number of benzene rings is 1. The fourth-order valence-electron chi connectivity index (χ4n) is 3.02. The van der Waals surface area contributed by atoms with Crippen LogP contribution in [0.1, 0.15) is 35.6 Å². The van der Waals surface area contributed by atoms with Crippen molar-refractivity contribution in [3.63, 3.8) is 0 Å².